The van der Waals surface area contributed by atoms with Gasteiger partial charge in [0, 0.05) is 12.2 Å². The number of halogens is 2. The van der Waals surface area contributed by atoms with E-state index >= 15 is 0 Å². The number of ether oxygens (including phenoxy) is 1. The Balaban J connectivity index is 0. The van der Waals surface area contributed by atoms with Crippen LogP contribution >= 0.6 is 24.8 Å². The first-order valence-electron chi connectivity index (χ1n) is 4.72. The van der Waals surface area contributed by atoms with Crippen LogP contribution in [-0.2, 0) is 0 Å². The Kier molecular flexibility index (Phi) is 9.74. The predicted molar refractivity (Wildman–Crippen MR) is 74.8 cm³/mol. The van der Waals surface area contributed by atoms with Gasteiger partial charge in [0.2, 0.25) is 11.8 Å². The average Bonchev–Trinajstić information content (AvgIpc) is 2.19. The molecule has 0 unspecified atom stereocenters. The molecule has 7 heteroatoms. The molecule has 1 aromatic rings. The van der Waals surface area contributed by atoms with Gasteiger partial charge in [-0.25, -0.2) is 4.98 Å². The van der Waals surface area contributed by atoms with Crippen molar-refractivity contribution >= 4 is 36.8 Å². The van der Waals surface area contributed by atoms with E-state index in [1.807, 2.05) is 19.1 Å². The summed E-state index contributed by atoms with van der Waals surface area (Å²) in [6.07, 6.45) is 6.26. The monoisotopic (exact) mass is 280 g/mol. The van der Waals surface area contributed by atoms with Crippen molar-refractivity contribution in [2.24, 2.45) is 5.73 Å². The molecule has 0 aromatic carbocycles. The summed E-state index contributed by atoms with van der Waals surface area (Å²) in [7, 11) is 1.55. The second-order valence-corrected chi connectivity index (χ2v) is 3.31. The van der Waals surface area contributed by atoms with Crippen LogP contribution in [0.3, 0.4) is 0 Å². The molecule has 17 heavy (non-hydrogen) atoms. The minimum absolute atomic E-state index is 0. The van der Waals surface area contributed by atoms with Crippen molar-refractivity contribution in [3.8, 4) is 5.88 Å². The molecular weight excluding hydrogens is 263 g/mol. The number of anilines is 1. The summed E-state index contributed by atoms with van der Waals surface area (Å²) in [6, 6.07) is 0.141. The Labute approximate surface area is 113 Å². The van der Waals surface area contributed by atoms with Gasteiger partial charge in [0.1, 0.15) is 0 Å². The summed E-state index contributed by atoms with van der Waals surface area (Å²) in [5.74, 6) is 0.680. The number of nitrogens with zero attached hydrogens (tertiary/aromatic N) is 2. The summed E-state index contributed by atoms with van der Waals surface area (Å²) in [5, 5.41) is 0. The van der Waals surface area contributed by atoms with Crippen LogP contribution in [0.5, 0.6) is 5.88 Å². The number of hydrogen-bond acceptors (Lipinski definition) is 5. The lowest BCUT2D eigenvalue weighted by molar-refractivity contribution is 0.396. The van der Waals surface area contributed by atoms with Crippen LogP contribution in [0.4, 0.5) is 5.95 Å². The van der Waals surface area contributed by atoms with Crippen LogP contribution in [0.15, 0.2) is 12.3 Å². The number of nitrogen functional groups attached to an aromatic ring is 1. The Bertz CT molecular complexity index is 358. The van der Waals surface area contributed by atoms with Crippen molar-refractivity contribution < 1.29 is 4.74 Å². The van der Waals surface area contributed by atoms with Crippen molar-refractivity contribution in [2.75, 3.05) is 12.8 Å². The van der Waals surface area contributed by atoms with Crippen LogP contribution in [-0.4, -0.2) is 23.1 Å². The largest absolute Gasteiger partial charge is 0.480 e. The fraction of sp³-hybridized carbons (Fsp3) is 0.400. The van der Waals surface area contributed by atoms with Crippen LogP contribution in [0.2, 0.25) is 0 Å². The predicted octanol–water partition coefficient (Wildman–Crippen LogP) is 1.66. The number of rotatable bonds is 4. The second-order valence-electron chi connectivity index (χ2n) is 3.31. The molecule has 0 spiro atoms. The summed E-state index contributed by atoms with van der Waals surface area (Å²) >= 11 is 0. The lowest BCUT2D eigenvalue weighted by Gasteiger charge is -2.03. The van der Waals surface area contributed by atoms with Crippen LogP contribution < -0.4 is 16.2 Å². The van der Waals surface area contributed by atoms with Gasteiger partial charge in [0.15, 0.2) is 0 Å². The van der Waals surface area contributed by atoms with Crippen LogP contribution in [0.1, 0.15) is 18.9 Å². The van der Waals surface area contributed by atoms with E-state index in [1.165, 1.54) is 0 Å². The lowest BCUT2D eigenvalue weighted by Crippen LogP contribution is -2.12. The molecule has 4 N–H and O–H groups in total. The molecule has 1 atom stereocenters. The molecule has 0 saturated carbocycles. The number of nitrogens with two attached hydrogens (primary N) is 2. The molecule has 0 aliphatic carbocycles. The number of methoxy groups -OCH3 is 1. The zero-order valence-corrected chi connectivity index (χ0v) is 11.4. The first-order valence-corrected chi connectivity index (χ1v) is 4.72. The third-order valence-corrected chi connectivity index (χ3v) is 1.80. The summed E-state index contributed by atoms with van der Waals surface area (Å²) in [4.78, 5) is 7.84. The molecule has 5 nitrogen and oxygen atoms in total. The molecular formula is C10H18Cl2N4O. The van der Waals surface area contributed by atoms with Crippen LogP contribution in [0, 0.1) is 0 Å². The topological polar surface area (TPSA) is 87.0 Å². The first-order chi connectivity index (χ1) is 7.13. The molecule has 98 valence electrons. The number of aromatic nitrogens is 2. The van der Waals surface area contributed by atoms with E-state index in [1.54, 1.807) is 13.3 Å². The third-order valence-electron chi connectivity index (χ3n) is 1.80. The maximum absolute atomic E-state index is 5.62. The van der Waals surface area contributed by atoms with Gasteiger partial charge in [0.25, 0.3) is 0 Å². The first kappa shape index (κ1) is 18.3. The molecule has 0 aliphatic heterocycles. The summed E-state index contributed by atoms with van der Waals surface area (Å²) in [5.41, 5.74) is 11.8. The highest BCUT2D eigenvalue weighted by Crippen LogP contribution is 2.16. The molecule has 0 aliphatic rings. The Hall–Kier alpha value is -1.04. The van der Waals surface area contributed by atoms with Gasteiger partial charge in [-0.15, -0.1) is 24.8 Å². The second kappa shape index (κ2) is 9.04. The third kappa shape index (κ3) is 6.31. The highest BCUT2D eigenvalue weighted by molar-refractivity contribution is 5.85. The Morgan fingerprint density at radius 1 is 1.47 bits per heavy atom. The minimum Gasteiger partial charge on any atom is -0.480 e. The molecule has 1 rings (SSSR count). The average molecular weight is 281 g/mol. The van der Waals surface area contributed by atoms with Gasteiger partial charge >= 0.3 is 0 Å². The molecule has 0 fully saturated rings. The van der Waals surface area contributed by atoms with Crippen LogP contribution in [0.25, 0.3) is 6.08 Å². The van der Waals surface area contributed by atoms with E-state index in [0.29, 0.717) is 5.88 Å². The van der Waals surface area contributed by atoms with E-state index in [2.05, 4.69) is 9.97 Å². The maximum atomic E-state index is 5.62. The molecule has 0 amide bonds. The van der Waals surface area contributed by atoms with E-state index in [0.717, 1.165) is 12.0 Å². The summed E-state index contributed by atoms with van der Waals surface area (Å²) < 4.78 is 5.07. The molecule has 0 saturated heterocycles. The highest BCUT2D eigenvalue weighted by Gasteiger charge is 2.02. The van der Waals surface area contributed by atoms with Gasteiger partial charge in [0.05, 0.1) is 12.7 Å². The normalized spacial score (nSPS) is 11.5. The standard InChI is InChI=1S/C10H16N4O.2ClH/c1-7(11)4-3-5-8-6-13-10(12)14-9(8)15-2;;/h3,5-7H,4,11H2,1-2H3,(H2,12,13,14);2*1H/b5-3+;;/t7-;;/m0../s1. The van der Waals surface area contributed by atoms with Crippen molar-refractivity contribution in [2.45, 2.75) is 19.4 Å². The molecule has 1 heterocycles. The quantitative estimate of drug-likeness (QED) is 0.876. The van der Waals surface area contributed by atoms with Gasteiger partial charge in [-0.3, -0.25) is 0 Å². The van der Waals surface area contributed by atoms with E-state index in [4.69, 9.17) is 16.2 Å². The fourth-order valence-corrected chi connectivity index (χ4v) is 1.08. The number of hydrogen-bond donors (Lipinski definition) is 2. The smallest absolute Gasteiger partial charge is 0.225 e. The molecule has 1 aromatic heterocycles. The highest BCUT2D eigenvalue weighted by atomic mass is 35.5. The van der Waals surface area contributed by atoms with Crippen molar-refractivity contribution in [3.63, 3.8) is 0 Å². The van der Waals surface area contributed by atoms with E-state index < -0.39 is 0 Å². The van der Waals surface area contributed by atoms with Crippen molar-refractivity contribution in [1.29, 1.82) is 0 Å². The fourth-order valence-electron chi connectivity index (χ4n) is 1.08. The van der Waals surface area contributed by atoms with Gasteiger partial charge < -0.3 is 16.2 Å². The SMILES string of the molecule is COc1nc(N)ncc1/C=C/C[C@H](C)N.Cl.Cl. The Morgan fingerprint density at radius 2 is 2.12 bits per heavy atom. The zero-order chi connectivity index (χ0) is 11.3. The summed E-state index contributed by atoms with van der Waals surface area (Å²) in [6.45, 7) is 1.95. The van der Waals surface area contributed by atoms with E-state index in [-0.39, 0.29) is 36.8 Å². The van der Waals surface area contributed by atoms with Gasteiger partial charge in [-0.1, -0.05) is 12.2 Å². The lowest BCUT2D eigenvalue weighted by atomic mass is 10.2. The molecule has 0 bridgehead atoms. The molecule has 0 radical (unpaired) electrons. The van der Waals surface area contributed by atoms with Gasteiger partial charge in [-0.05, 0) is 13.3 Å². The Morgan fingerprint density at radius 3 is 2.65 bits per heavy atom. The van der Waals surface area contributed by atoms with Gasteiger partial charge in [-0.2, -0.15) is 4.98 Å². The van der Waals surface area contributed by atoms with E-state index in [9.17, 15) is 0 Å². The van der Waals surface area contributed by atoms with Crippen molar-refractivity contribution in [1.82, 2.24) is 9.97 Å². The zero-order valence-electron chi connectivity index (χ0n) is 9.79. The minimum atomic E-state index is 0. The maximum Gasteiger partial charge on any atom is 0.225 e. The van der Waals surface area contributed by atoms with Crippen molar-refractivity contribution in [3.05, 3.63) is 17.8 Å².